The van der Waals surface area contributed by atoms with Crippen LogP contribution in [-0.4, -0.2) is 0 Å². The molecule has 0 aromatic rings. The van der Waals surface area contributed by atoms with Gasteiger partial charge in [0.1, 0.15) is 0 Å². The third-order valence-electron chi connectivity index (χ3n) is 3.59. The van der Waals surface area contributed by atoms with Crippen LogP contribution in [0, 0.1) is 5.41 Å². The molecular weight excluding hydrogens is 228 g/mol. The van der Waals surface area contributed by atoms with Gasteiger partial charge in [-0.05, 0) is 18.3 Å². The third-order valence-corrected chi connectivity index (χ3v) is 3.59. The zero-order valence-electron chi connectivity index (χ0n) is 14.1. The summed E-state index contributed by atoms with van der Waals surface area (Å²) >= 11 is 0. The molecule has 0 unspecified atom stereocenters. The Morgan fingerprint density at radius 2 is 1.05 bits per heavy atom. The van der Waals surface area contributed by atoms with Gasteiger partial charge in [-0.15, -0.1) is 0 Å². The van der Waals surface area contributed by atoms with E-state index >= 15 is 0 Å². The van der Waals surface area contributed by atoms with E-state index in [0.29, 0.717) is 5.41 Å². The van der Waals surface area contributed by atoms with Crippen LogP contribution in [0.25, 0.3) is 0 Å². The van der Waals surface area contributed by atoms with Crippen LogP contribution in [0.5, 0.6) is 0 Å². The van der Waals surface area contributed by atoms with E-state index in [2.05, 4.69) is 39.8 Å². The molecule has 0 radical (unpaired) electrons. The van der Waals surface area contributed by atoms with Crippen molar-refractivity contribution in [3.05, 3.63) is 12.2 Å². The molecule has 0 aliphatic heterocycles. The van der Waals surface area contributed by atoms with Crippen LogP contribution in [0.15, 0.2) is 12.2 Å². The minimum absolute atomic E-state index is 0.359. The molecule has 114 valence electrons. The maximum atomic E-state index is 2.37. The maximum absolute atomic E-state index is 2.37. The molecule has 0 heterocycles. The summed E-state index contributed by atoms with van der Waals surface area (Å²) in [5, 5.41) is 0. The molecule has 0 rings (SSSR count). The summed E-state index contributed by atoms with van der Waals surface area (Å²) in [6.07, 6.45) is 21.8. The lowest BCUT2D eigenvalue weighted by Crippen LogP contribution is -1.98. The molecule has 0 atom stereocenters. The highest BCUT2D eigenvalue weighted by atomic mass is 14.1. The molecule has 0 fully saturated rings. The first-order valence-corrected chi connectivity index (χ1v) is 8.74. The highest BCUT2D eigenvalue weighted by Gasteiger charge is 2.02. The van der Waals surface area contributed by atoms with Crippen molar-refractivity contribution in [2.45, 2.75) is 105 Å². The minimum atomic E-state index is 0.359. The van der Waals surface area contributed by atoms with Crippen LogP contribution < -0.4 is 0 Å². The van der Waals surface area contributed by atoms with Gasteiger partial charge in [-0.2, -0.15) is 0 Å². The molecule has 0 heteroatoms. The lowest BCUT2D eigenvalue weighted by molar-refractivity contribution is 0.537. The van der Waals surface area contributed by atoms with Gasteiger partial charge < -0.3 is 0 Å². The Kier molecular flexibility index (Phi) is 12.6. The lowest BCUT2D eigenvalue weighted by atomic mass is 9.95. The second-order valence-electron chi connectivity index (χ2n) is 7.09. The molecule has 19 heavy (non-hydrogen) atoms. The van der Waals surface area contributed by atoms with E-state index in [4.69, 9.17) is 0 Å². The summed E-state index contributed by atoms with van der Waals surface area (Å²) in [6, 6.07) is 0. The SMILES string of the molecule is CCCCCCCCCCCCC/C=C/C(C)(C)C. The zero-order chi connectivity index (χ0) is 14.4. The van der Waals surface area contributed by atoms with E-state index in [1.165, 1.54) is 77.0 Å². The fourth-order valence-electron chi connectivity index (χ4n) is 2.36. The normalized spacial score (nSPS) is 12.4. The zero-order valence-corrected chi connectivity index (χ0v) is 14.1. The Labute approximate surface area is 123 Å². The summed E-state index contributed by atoms with van der Waals surface area (Å²) in [5.41, 5.74) is 0.359. The van der Waals surface area contributed by atoms with Gasteiger partial charge in [0.25, 0.3) is 0 Å². The Morgan fingerprint density at radius 3 is 1.47 bits per heavy atom. The number of hydrogen-bond acceptors (Lipinski definition) is 0. The minimum Gasteiger partial charge on any atom is -0.0880 e. The van der Waals surface area contributed by atoms with E-state index in [0.717, 1.165) is 0 Å². The highest BCUT2D eigenvalue weighted by molar-refractivity contribution is 4.91. The van der Waals surface area contributed by atoms with Gasteiger partial charge in [0.15, 0.2) is 0 Å². The van der Waals surface area contributed by atoms with Crippen molar-refractivity contribution in [1.82, 2.24) is 0 Å². The van der Waals surface area contributed by atoms with Crippen LogP contribution >= 0.6 is 0 Å². The molecule has 0 bridgehead atoms. The average Bonchev–Trinajstić information content (AvgIpc) is 2.34. The summed E-state index contributed by atoms with van der Waals surface area (Å²) in [6.45, 7) is 9.09. The highest BCUT2D eigenvalue weighted by Crippen LogP contribution is 2.16. The number of hydrogen-bond donors (Lipinski definition) is 0. The van der Waals surface area contributed by atoms with Crippen molar-refractivity contribution in [3.63, 3.8) is 0 Å². The topological polar surface area (TPSA) is 0 Å². The predicted molar refractivity (Wildman–Crippen MR) is 89.7 cm³/mol. The van der Waals surface area contributed by atoms with Crippen LogP contribution in [-0.2, 0) is 0 Å². The monoisotopic (exact) mass is 266 g/mol. The Morgan fingerprint density at radius 1 is 0.632 bits per heavy atom. The second kappa shape index (κ2) is 12.8. The van der Waals surface area contributed by atoms with Gasteiger partial charge in [-0.25, -0.2) is 0 Å². The third kappa shape index (κ3) is 17.7. The molecule has 0 saturated heterocycles. The number of unbranched alkanes of at least 4 members (excludes halogenated alkanes) is 11. The van der Waals surface area contributed by atoms with E-state index in [1.54, 1.807) is 0 Å². The fraction of sp³-hybridized carbons (Fsp3) is 0.895. The molecule has 0 amide bonds. The molecular formula is C19H38. The molecule has 0 aromatic heterocycles. The standard InChI is InChI=1S/C19H38/c1-5-6-7-8-9-10-11-12-13-14-15-16-17-18-19(2,3)4/h17-18H,5-16H2,1-4H3/b18-17+. The molecule has 0 aliphatic rings. The van der Waals surface area contributed by atoms with Gasteiger partial charge >= 0.3 is 0 Å². The average molecular weight is 267 g/mol. The Hall–Kier alpha value is -0.260. The quantitative estimate of drug-likeness (QED) is 0.257. The first-order chi connectivity index (χ1) is 9.06. The summed E-state index contributed by atoms with van der Waals surface area (Å²) in [7, 11) is 0. The van der Waals surface area contributed by atoms with Crippen LogP contribution in [0.3, 0.4) is 0 Å². The smallest absolute Gasteiger partial charge is 0.0203 e. The van der Waals surface area contributed by atoms with E-state index < -0.39 is 0 Å². The molecule has 0 nitrogen and oxygen atoms in total. The van der Waals surface area contributed by atoms with Crippen molar-refractivity contribution in [3.8, 4) is 0 Å². The molecule has 0 saturated carbocycles. The molecule has 0 aromatic carbocycles. The second-order valence-corrected chi connectivity index (χ2v) is 7.09. The van der Waals surface area contributed by atoms with E-state index in [1.807, 2.05) is 0 Å². The molecule has 0 N–H and O–H groups in total. The lowest BCUT2D eigenvalue weighted by Gasteiger charge is -2.10. The van der Waals surface area contributed by atoms with Gasteiger partial charge in [0.2, 0.25) is 0 Å². The van der Waals surface area contributed by atoms with Gasteiger partial charge in [-0.3, -0.25) is 0 Å². The van der Waals surface area contributed by atoms with Gasteiger partial charge in [0, 0.05) is 0 Å². The maximum Gasteiger partial charge on any atom is -0.0203 e. The fourth-order valence-corrected chi connectivity index (χ4v) is 2.36. The van der Waals surface area contributed by atoms with Gasteiger partial charge in [0.05, 0.1) is 0 Å². The van der Waals surface area contributed by atoms with E-state index in [9.17, 15) is 0 Å². The summed E-state index contributed by atoms with van der Waals surface area (Å²) in [5.74, 6) is 0. The van der Waals surface area contributed by atoms with Crippen molar-refractivity contribution in [2.24, 2.45) is 5.41 Å². The van der Waals surface area contributed by atoms with Crippen molar-refractivity contribution < 1.29 is 0 Å². The van der Waals surface area contributed by atoms with E-state index in [-0.39, 0.29) is 0 Å². The Bertz CT molecular complexity index is 195. The summed E-state index contributed by atoms with van der Waals surface area (Å²) < 4.78 is 0. The van der Waals surface area contributed by atoms with Crippen molar-refractivity contribution in [1.29, 1.82) is 0 Å². The predicted octanol–water partition coefficient (Wildman–Crippen LogP) is 7.29. The first kappa shape index (κ1) is 18.7. The number of allylic oxidation sites excluding steroid dienone is 2. The molecule has 0 aliphatic carbocycles. The van der Waals surface area contributed by atoms with Gasteiger partial charge in [-0.1, -0.05) is 104 Å². The Balaban J connectivity index is 3.09. The van der Waals surface area contributed by atoms with Crippen LogP contribution in [0.1, 0.15) is 105 Å². The largest absolute Gasteiger partial charge is 0.0880 e. The van der Waals surface area contributed by atoms with Crippen LogP contribution in [0.2, 0.25) is 0 Å². The van der Waals surface area contributed by atoms with Crippen molar-refractivity contribution in [2.75, 3.05) is 0 Å². The first-order valence-electron chi connectivity index (χ1n) is 8.74. The van der Waals surface area contributed by atoms with Crippen molar-refractivity contribution >= 4 is 0 Å². The number of rotatable bonds is 12. The summed E-state index contributed by atoms with van der Waals surface area (Å²) in [4.78, 5) is 0. The molecule has 0 spiro atoms. The van der Waals surface area contributed by atoms with Crippen LogP contribution in [0.4, 0.5) is 0 Å².